The van der Waals surface area contributed by atoms with Crippen molar-refractivity contribution in [3.63, 3.8) is 0 Å². The van der Waals surface area contributed by atoms with E-state index < -0.39 is 10.0 Å². The number of hydrogen-bond donors (Lipinski definition) is 1. The Kier molecular flexibility index (Phi) is 6.00. The summed E-state index contributed by atoms with van der Waals surface area (Å²) in [7, 11) is -2.21. The fourth-order valence-electron chi connectivity index (χ4n) is 1.49. The van der Waals surface area contributed by atoms with Crippen LogP contribution < -0.4 is 5.73 Å². The molecular weight excluding hydrogens is 298 g/mol. The molecule has 0 aliphatic heterocycles. The average molecular weight is 317 g/mol. The first-order valence-corrected chi connectivity index (χ1v) is 7.94. The first-order valence-electron chi connectivity index (χ1n) is 6.09. The summed E-state index contributed by atoms with van der Waals surface area (Å²) in [6, 6.07) is 2.98. The second-order valence-corrected chi connectivity index (χ2v) is 6.91. The van der Waals surface area contributed by atoms with Gasteiger partial charge >= 0.3 is 0 Å². The van der Waals surface area contributed by atoms with E-state index in [0.717, 1.165) is 0 Å². The lowest BCUT2D eigenvalue weighted by Gasteiger charge is -2.19. The zero-order valence-electron chi connectivity index (χ0n) is 11.7. The SMILES string of the molecule is CC(C)OCCN(C)S(=O)(=O)c1cccnc1C(N)=S. The summed E-state index contributed by atoms with van der Waals surface area (Å²) in [5.74, 6) is 0. The van der Waals surface area contributed by atoms with Crippen LogP contribution in [0, 0.1) is 0 Å². The van der Waals surface area contributed by atoms with E-state index in [1.54, 1.807) is 0 Å². The molecule has 0 fully saturated rings. The highest BCUT2D eigenvalue weighted by molar-refractivity contribution is 7.89. The molecular formula is C12H19N3O3S2. The summed E-state index contributed by atoms with van der Waals surface area (Å²) < 4.78 is 31.4. The van der Waals surface area contributed by atoms with Crippen LogP contribution in [0.3, 0.4) is 0 Å². The molecule has 112 valence electrons. The smallest absolute Gasteiger partial charge is 0.245 e. The molecule has 0 bridgehead atoms. The number of aromatic nitrogens is 1. The van der Waals surface area contributed by atoms with Crippen LogP contribution in [-0.4, -0.2) is 49.0 Å². The van der Waals surface area contributed by atoms with Crippen LogP contribution in [0.5, 0.6) is 0 Å². The largest absolute Gasteiger partial charge is 0.388 e. The summed E-state index contributed by atoms with van der Waals surface area (Å²) in [5.41, 5.74) is 5.62. The van der Waals surface area contributed by atoms with E-state index in [0.29, 0.717) is 6.61 Å². The summed E-state index contributed by atoms with van der Waals surface area (Å²) in [4.78, 5) is 3.90. The number of likely N-dealkylation sites (N-methyl/N-ethyl adjacent to an activating group) is 1. The molecule has 1 heterocycles. The molecule has 0 aliphatic carbocycles. The highest BCUT2D eigenvalue weighted by atomic mass is 32.2. The lowest BCUT2D eigenvalue weighted by Crippen LogP contribution is -2.32. The lowest BCUT2D eigenvalue weighted by molar-refractivity contribution is 0.0737. The van der Waals surface area contributed by atoms with Gasteiger partial charge in [0, 0.05) is 19.8 Å². The third-order valence-electron chi connectivity index (χ3n) is 2.55. The predicted octanol–water partition coefficient (Wildman–Crippen LogP) is 0.761. The Morgan fingerprint density at radius 1 is 1.55 bits per heavy atom. The van der Waals surface area contributed by atoms with Gasteiger partial charge in [0.15, 0.2) is 0 Å². The number of sulfonamides is 1. The van der Waals surface area contributed by atoms with Gasteiger partial charge in [-0.05, 0) is 26.0 Å². The van der Waals surface area contributed by atoms with Gasteiger partial charge in [-0.25, -0.2) is 8.42 Å². The molecule has 0 aliphatic rings. The Morgan fingerprint density at radius 2 is 2.20 bits per heavy atom. The van der Waals surface area contributed by atoms with Crippen LogP contribution in [-0.2, 0) is 14.8 Å². The van der Waals surface area contributed by atoms with Crippen molar-refractivity contribution in [2.24, 2.45) is 5.73 Å². The summed E-state index contributed by atoms with van der Waals surface area (Å²) in [6.07, 6.45) is 1.51. The average Bonchev–Trinajstić information content (AvgIpc) is 2.38. The number of pyridine rings is 1. The summed E-state index contributed by atoms with van der Waals surface area (Å²) in [5, 5.41) is 0. The van der Waals surface area contributed by atoms with E-state index in [1.807, 2.05) is 13.8 Å². The molecule has 0 saturated heterocycles. The van der Waals surface area contributed by atoms with Gasteiger partial charge in [0.25, 0.3) is 0 Å². The van der Waals surface area contributed by atoms with E-state index in [1.165, 1.54) is 29.7 Å². The molecule has 0 aromatic carbocycles. The van der Waals surface area contributed by atoms with Crippen molar-refractivity contribution >= 4 is 27.2 Å². The van der Waals surface area contributed by atoms with Crippen LogP contribution in [0.15, 0.2) is 23.2 Å². The maximum Gasteiger partial charge on any atom is 0.245 e. The molecule has 0 radical (unpaired) electrons. The minimum atomic E-state index is -3.69. The zero-order valence-corrected chi connectivity index (χ0v) is 13.4. The fourth-order valence-corrected chi connectivity index (χ4v) is 3.02. The maximum absolute atomic E-state index is 12.4. The number of nitrogens with two attached hydrogens (primary N) is 1. The summed E-state index contributed by atoms with van der Waals surface area (Å²) >= 11 is 4.83. The molecule has 0 atom stereocenters. The van der Waals surface area contributed by atoms with Crippen LogP contribution >= 0.6 is 12.2 Å². The predicted molar refractivity (Wildman–Crippen MR) is 81.0 cm³/mol. The van der Waals surface area contributed by atoms with E-state index in [2.05, 4.69) is 4.98 Å². The minimum absolute atomic E-state index is 0.0135. The Morgan fingerprint density at radius 3 is 2.75 bits per heavy atom. The van der Waals surface area contributed by atoms with Crippen LogP contribution in [0.4, 0.5) is 0 Å². The Balaban J connectivity index is 2.96. The first-order chi connectivity index (χ1) is 9.26. The molecule has 1 aromatic rings. The molecule has 2 N–H and O–H groups in total. The zero-order chi connectivity index (χ0) is 15.3. The lowest BCUT2D eigenvalue weighted by atomic mass is 10.3. The van der Waals surface area contributed by atoms with E-state index in [-0.39, 0.29) is 28.2 Å². The van der Waals surface area contributed by atoms with Gasteiger partial charge in [-0.1, -0.05) is 12.2 Å². The van der Waals surface area contributed by atoms with Gasteiger partial charge in [0.05, 0.1) is 12.7 Å². The molecule has 8 heteroatoms. The monoisotopic (exact) mass is 317 g/mol. The van der Waals surface area contributed by atoms with Crippen molar-refractivity contribution in [3.05, 3.63) is 24.0 Å². The Labute approximate surface area is 125 Å². The van der Waals surface area contributed by atoms with Gasteiger partial charge in [-0.2, -0.15) is 4.31 Å². The molecule has 0 unspecified atom stereocenters. The number of hydrogen-bond acceptors (Lipinski definition) is 5. The van der Waals surface area contributed by atoms with Crippen LogP contribution in [0.2, 0.25) is 0 Å². The van der Waals surface area contributed by atoms with Crippen molar-refractivity contribution in [1.29, 1.82) is 0 Å². The number of ether oxygens (including phenoxy) is 1. The standard InChI is InChI=1S/C12H19N3O3S2/c1-9(2)18-8-7-15(3)20(16,17)10-5-4-6-14-11(10)12(13)19/h4-6,9H,7-8H2,1-3H3,(H2,13,19). The quantitative estimate of drug-likeness (QED) is 0.747. The fraction of sp³-hybridized carbons (Fsp3) is 0.500. The van der Waals surface area contributed by atoms with Crippen LogP contribution in [0.1, 0.15) is 19.5 Å². The Bertz CT molecular complexity index is 573. The van der Waals surface area contributed by atoms with E-state index >= 15 is 0 Å². The third-order valence-corrected chi connectivity index (χ3v) is 4.63. The van der Waals surface area contributed by atoms with E-state index in [4.69, 9.17) is 22.7 Å². The van der Waals surface area contributed by atoms with Gasteiger partial charge in [0.2, 0.25) is 10.0 Å². The molecule has 20 heavy (non-hydrogen) atoms. The Hall–Kier alpha value is -1.09. The minimum Gasteiger partial charge on any atom is -0.388 e. The van der Waals surface area contributed by atoms with Crippen LogP contribution in [0.25, 0.3) is 0 Å². The molecule has 0 amide bonds. The van der Waals surface area contributed by atoms with Crippen molar-refractivity contribution in [2.75, 3.05) is 20.2 Å². The molecule has 0 saturated carbocycles. The highest BCUT2D eigenvalue weighted by Gasteiger charge is 2.25. The van der Waals surface area contributed by atoms with E-state index in [9.17, 15) is 8.42 Å². The molecule has 1 aromatic heterocycles. The topological polar surface area (TPSA) is 85.5 Å². The van der Waals surface area contributed by atoms with Gasteiger partial charge in [-0.15, -0.1) is 0 Å². The van der Waals surface area contributed by atoms with Crippen molar-refractivity contribution in [1.82, 2.24) is 9.29 Å². The third kappa shape index (κ3) is 4.20. The van der Waals surface area contributed by atoms with Gasteiger partial charge in [0.1, 0.15) is 15.6 Å². The highest BCUT2D eigenvalue weighted by Crippen LogP contribution is 2.17. The normalized spacial score (nSPS) is 12.1. The van der Waals surface area contributed by atoms with Gasteiger partial charge < -0.3 is 10.5 Å². The number of thiocarbonyl (C=S) groups is 1. The van der Waals surface area contributed by atoms with Crippen molar-refractivity contribution < 1.29 is 13.2 Å². The maximum atomic E-state index is 12.4. The molecule has 6 nitrogen and oxygen atoms in total. The number of nitrogens with zero attached hydrogens (tertiary/aromatic N) is 2. The van der Waals surface area contributed by atoms with Gasteiger partial charge in [-0.3, -0.25) is 4.98 Å². The molecule has 0 spiro atoms. The molecule has 1 rings (SSSR count). The first kappa shape index (κ1) is 17.0. The van der Waals surface area contributed by atoms with Crippen molar-refractivity contribution in [2.45, 2.75) is 24.8 Å². The van der Waals surface area contributed by atoms with Crippen molar-refractivity contribution in [3.8, 4) is 0 Å². The second kappa shape index (κ2) is 7.07. The number of rotatable bonds is 7. The summed E-state index contributed by atoms with van der Waals surface area (Å²) in [6.45, 7) is 4.34. The second-order valence-electron chi connectivity index (χ2n) is 4.46.